The van der Waals surface area contributed by atoms with E-state index >= 15 is 0 Å². The summed E-state index contributed by atoms with van der Waals surface area (Å²) in [6.45, 7) is -0.443. The van der Waals surface area contributed by atoms with Gasteiger partial charge in [-0.25, -0.2) is 18.2 Å². The zero-order valence-electron chi connectivity index (χ0n) is 20.1. The summed E-state index contributed by atoms with van der Waals surface area (Å²) in [7, 11) is 0. The van der Waals surface area contributed by atoms with Gasteiger partial charge in [0.05, 0.1) is 29.5 Å². The van der Waals surface area contributed by atoms with Crippen LogP contribution in [0.3, 0.4) is 0 Å². The van der Waals surface area contributed by atoms with Crippen molar-refractivity contribution >= 4 is 22.4 Å². The Morgan fingerprint density at radius 1 is 0.925 bits per heavy atom. The third-order valence-corrected chi connectivity index (χ3v) is 6.05. The highest BCUT2D eigenvalue weighted by Crippen LogP contribution is 2.44. The van der Waals surface area contributed by atoms with Crippen LogP contribution < -0.4 is 21.8 Å². The van der Waals surface area contributed by atoms with Crippen LogP contribution in [0.2, 0.25) is 0 Å². The summed E-state index contributed by atoms with van der Waals surface area (Å²) in [4.78, 5) is 20.0. The Morgan fingerprint density at radius 3 is 2.33 bits per heavy atom. The van der Waals surface area contributed by atoms with Crippen LogP contribution in [0.15, 0.2) is 71.9 Å². The highest BCUT2D eigenvalue weighted by atomic mass is 19.4. The molecule has 13 heteroatoms. The molecule has 0 amide bonds. The lowest BCUT2D eigenvalue weighted by molar-refractivity contribution is -0.138. The number of halogens is 6. The van der Waals surface area contributed by atoms with Crippen molar-refractivity contribution in [2.45, 2.75) is 12.7 Å². The molecule has 0 spiro atoms. The van der Waals surface area contributed by atoms with Gasteiger partial charge in [0.15, 0.2) is 0 Å². The number of nitrogens with two attached hydrogens (primary N) is 2. The van der Waals surface area contributed by atoms with E-state index in [1.54, 1.807) is 0 Å². The predicted octanol–water partition coefficient (Wildman–Crippen LogP) is 5.90. The van der Waals surface area contributed by atoms with Crippen molar-refractivity contribution in [3.8, 4) is 22.6 Å². The van der Waals surface area contributed by atoms with E-state index in [0.29, 0.717) is 12.1 Å². The van der Waals surface area contributed by atoms with E-state index < -0.39 is 52.6 Å². The molecule has 0 aliphatic heterocycles. The summed E-state index contributed by atoms with van der Waals surface area (Å²) in [5.74, 6) is -4.11. The highest BCUT2D eigenvalue weighted by molar-refractivity contribution is 5.80. The summed E-state index contributed by atoms with van der Waals surface area (Å²) >= 11 is 0. The molecule has 7 nitrogen and oxygen atoms in total. The first-order chi connectivity index (χ1) is 18.9. The van der Waals surface area contributed by atoms with Crippen molar-refractivity contribution in [1.82, 2.24) is 14.5 Å². The molecule has 204 valence electrons. The van der Waals surface area contributed by atoms with Crippen molar-refractivity contribution < 1.29 is 31.1 Å². The van der Waals surface area contributed by atoms with Crippen LogP contribution in [-0.4, -0.2) is 14.5 Å². The van der Waals surface area contributed by atoms with Gasteiger partial charge < -0.3 is 20.8 Å². The van der Waals surface area contributed by atoms with E-state index in [4.69, 9.17) is 16.2 Å². The molecule has 0 bridgehead atoms. The Kier molecular flexibility index (Phi) is 6.57. The molecule has 0 fully saturated rings. The van der Waals surface area contributed by atoms with Gasteiger partial charge in [-0.15, -0.1) is 0 Å². The number of hydrogen-bond donors (Lipinski definition) is 2. The second-order valence-electron chi connectivity index (χ2n) is 8.68. The van der Waals surface area contributed by atoms with E-state index in [0.717, 1.165) is 24.7 Å². The van der Waals surface area contributed by atoms with Gasteiger partial charge in [0.25, 0.3) is 5.56 Å². The molecule has 0 aliphatic rings. The predicted molar refractivity (Wildman–Crippen MR) is 135 cm³/mol. The first-order valence-electron chi connectivity index (χ1n) is 11.4. The standard InChI is InChI=1S/C27H17F6N5O2/c28-14-7-19(29)18(20(30)8-14)11-38-12-37-26(39)17-9-15(4-5-22(17)38)40-23-3-1-2-16(24(23)27(31,32)33)13-6-21(34)25(35)36-10-13/h1-10,12H,11,34H2,(H2,35,36). The van der Waals surface area contributed by atoms with Crippen LogP contribution in [0.5, 0.6) is 11.5 Å². The Labute approximate surface area is 221 Å². The average molecular weight is 557 g/mol. The molecule has 0 unspecified atom stereocenters. The maximum atomic E-state index is 14.2. The quantitative estimate of drug-likeness (QED) is 0.261. The molecule has 0 saturated carbocycles. The fourth-order valence-corrected chi connectivity index (χ4v) is 4.19. The SMILES string of the molecule is Nc1cc(-c2cccc(Oc3ccc4c(c3)c(=O)ncn4Cc3c(F)cc(F)cc3F)c2C(F)(F)F)cnc1N. The molecule has 2 aromatic heterocycles. The summed E-state index contributed by atoms with van der Waals surface area (Å²) < 4.78 is 91.3. The van der Waals surface area contributed by atoms with Crippen LogP contribution in [0.1, 0.15) is 11.1 Å². The van der Waals surface area contributed by atoms with E-state index in [1.165, 1.54) is 34.9 Å². The van der Waals surface area contributed by atoms with Gasteiger partial charge in [-0.1, -0.05) is 12.1 Å². The van der Waals surface area contributed by atoms with Crippen molar-refractivity contribution in [3.63, 3.8) is 0 Å². The van der Waals surface area contributed by atoms with Gasteiger partial charge in [-0.05, 0) is 35.9 Å². The second-order valence-corrected chi connectivity index (χ2v) is 8.68. The number of rotatable bonds is 5. The first-order valence-corrected chi connectivity index (χ1v) is 11.4. The smallest absolute Gasteiger partial charge is 0.420 e. The number of benzene rings is 3. The van der Waals surface area contributed by atoms with Crippen LogP contribution in [0.4, 0.5) is 37.8 Å². The zero-order valence-corrected chi connectivity index (χ0v) is 20.1. The largest absolute Gasteiger partial charge is 0.457 e. The number of nitrogen functional groups attached to an aromatic ring is 2. The third-order valence-electron chi connectivity index (χ3n) is 6.05. The van der Waals surface area contributed by atoms with Crippen molar-refractivity contribution in [1.29, 1.82) is 0 Å². The molecule has 0 saturated heterocycles. The lowest BCUT2D eigenvalue weighted by atomic mass is 9.99. The molecular formula is C27H17F6N5O2. The number of anilines is 2. The van der Waals surface area contributed by atoms with Gasteiger partial charge in [0, 0.05) is 29.5 Å². The minimum Gasteiger partial charge on any atom is -0.457 e. The second kappa shape index (κ2) is 9.91. The number of fused-ring (bicyclic) bond motifs is 1. The van der Waals surface area contributed by atoms with Crippen LogP contribution in [0, 0.1) is 17.5 Å². The lowest BCUT2D eigenvalue weighted by Crippen LogP contribution is -2.14. The molecule has 3 aromatic carbocycles. The van der Waals surface area contributed by atoms with E-state index in [1.807, 2.05) is 0 Å². The molecular weight excluding hydrogens is 540 g/mol. The van der Waals surface area contributed by atoms with Crippen molar-refractivity contribution in [2.75, 3.05) is 11.5 Å². The number of nitrogens with zero attached hydrogens (tertiary/aromatic N) is 3. The fraction of sp³-hybridized carbons (Fsp3) is 0.0741. The maximum absolute atomic E-state index is 14.2. The monoisotopic (exact) mass is 557 g/mol. The minimum absolute atomic E-state index is 0.00402. The average Bonchev–Trinajstić information content (AvgIpc) is 2.88. The van der Waals surface area contributed by atoms with Gasteiger partial charge >= 0.3 is 6.18 Å². The third kappa shape index (κ3) is 5.00. The molecule has 40 heavy (non-hydrogen) atoms. The molecule has 0 aliphatic carbocycles. The van der Waals surface area contributed by atoms with Crippen molar-refractivity contribution in [2.24, 2.45) is 0 Å². The van der Waals surface area contributed by atoms with Gasteiger partial charge in [0.2, 0.25) is 0 Å². The van der Waals surface area contributed by atoms with Crippen LogP contribution in [0.25, 0.3) is 22.0 Å². The molecule has 0 radical (unpaired) electrons. The summed E-state index contributed by atoms with van der Waals surface area (Å²) in [5, 5.41) is -0.0943. The molecule has 4 N–H and O–H groups in total. The Bertz CT molecular complexity index is 1810. The molecule has 5 rings (SSSR count). The fourth-order valence-electron chi connectivity index (χ4n) is 4.19. The topological polar surface area (TPSA) is 109 Å². The first kappa shape index (κ1) is 26.5. The van der Waals surface area contributed by atoms with Gasteiger partial charge in [-0.2, -0.15) is 18.2 Å². The Hall–Kier alpha value is -5.07. The normalized spacial score (nSPS) is 11.7. The number of pyridine rings is 1. The van der Waals surface area contributed by atoms with Gasteiger partial charge in [0.1, 0.15) is 40.3 Å². The van der Waals surface area contributed by atoms with Crippen molar-refractivity contribution in [3.05, 3.63) is 106 Å². The zero-order chi connectivity index (χ0) is 28.8. The maximum Gasteiger partial charge on any atom is 0.420 e. The number of alkyl halides is 3. The number of aromatic nitrogens is 3. The van der Waals surface area contributed by atoms with Crippen LogP contribution >= 0.6 is 0 Å². The minimum atomic E-state index is -4.86. The molecule has 5 aromatic rings. The van der Waals surface area contributed by atoms with Crippen LogP contribution in [-0.2, 0) is 12.7 Å². The van der Waals surface area contributed by atoms with Gasteiger partial charge in [-0.3, -0.25) is 4.79 Å². The van der Waals surface area contributed by atoms with E-state index in [2.05, 4.69) is 9.97 Å². The Morgan fingerprint density at radius 2 is 1.65 bits per heavy atom. The lowest BCUT2D eigenvalue weighted by Gasteiger charge is -2.18. The summed E-state index contributed by atoms with van der Waals surface area (Å²) in [5.41, 5.74) is 8.91. The van der Waals surface area contributed by atoms with E-state index in [-0.39, 0.29) is 39.3 Å². The Balaban J connectivity index is 1.57. The van der Waals surface area contributed by atoms with E-state index in [9.17, 15) is 31.1 Å². The summed E-state index contributed by atoms with van der Waals surface area (Å²) in [6.07, 6.45) is -2.67. The molecule has 0 atom stereocenters. The number of hydrogen-bond acceptors (Lipinski definition) is 6. The summed E-state index contributed by atoms with van der Waals surface area (Å²) in [6, 6.07) is 9.73. The number of ether oxygens (including phenoxy) is 1. The molecule has 2 heterocycles. The highest BCUT2D eigenvalue weighted by Gasteiger charge is 2.38.